The molecule has 0 radical (unpaired) electrons. The monoisotopic (exact) mass is 500 g/mol. The minimum atomic E-state index is -0.143. The Kier molecular flexibility index (Phi) is 16.5. The van der Waals surface area contributed by atoms with Crippen LogP contribution in [0.1, 0.15) is 109 Å². The Hall–Kier alpha value is -0.980. The average Bonchev–Trinajstić information content (AvgIpc) is 2.71. The summed E-state index contributed by atoms with van der Waals surface area (Å²) in [6, 6.07) is 0.578. The molecule has 0 fully saturated rings. The van der Waals surface area contributed by atoms with E-state index in [0.29, 0.717) is 38.6 Å². The molecule has 0 aliphatic heterocycles. The average molecular weight is 501 g/mol. The van der Waals surface area contributed by atoms with Crippen molar-refractivity contribution in [1.29, 1.82) is 0 Å². The zero-order chi connectivity index (χ0) is 28.1. The van der Waals surface area contributed by atoms with Crippen molar-refractivity contribution in [2.75, 3.05) is 33.4 Å². The highest BCUT2D eigenvalue weighted by Gasteiger charge is 2.27. The molecule has 210 valence electrons. The van der Waals surface area contributed by atoms with Crippen LogP contribution in [-0.4, -0.2) is 67.7 Å². The number of rotatable bonds is 17. The minimum Gasteiger partial charge on any atom is -0.380 e. The standard InChI is InChI=1S/C15H29NO3.C14H31NO/c1-12(2)13(18)7-14(3,4)9-19-10-15(5,6)8-16-11-17;1-9-14(6,7)16-11-10-13(4,5)15(8)12(2)3/h11-12H,7-10H2,1-6H3,(H,16,17);12H,9-11H2,1-8H3. The Morgan fingerprint density at radius 1 is 0.943 bits per heavy atom. The van der Waals surface area contributed by atoms with E-state index in [1.807, 2.05) is 41.5 Å². The molecule has 0 aromatic rings. The summed E-state index contributed by atoms with van der Waals surface area (Å²) in [6.07, 6.45) is 3.38. The molecule has 1 N–H and O–H groups in total. The van der Waals surface area contributed by atoms with E-state index in [4.69, 9.17) is 9.47 Å². The van der Waals surface area contributed by atoms with Crippen LogP contribution >= 0.6 is 0 Å². The smallest absolute Gasteiger partial charge is 0.207 e. The molecule has 0 aromatic carbocycles. The molecule has 1 amide bonds. The van der Waals surface area contributed by atoms with Gasteiger partial charge in [0.15, 0.2) is 0 Å². The zero-order valence-corrected chi connectivity index (χ0v) is 25.8. The fourth-order valence-corrected chi connectivity index (χ4v) is 3.25. The van der Waals surface area contributed by atoms with Crippen molar-refractivity contribution in [2.45, 2.75) is 126 Å². The Bertz CT molecular complexity index is 595. The molecule has 0 atom stereocenters. The van der Waals surface area contributed by atoms with Gasteiger partial charge in [-0.15, -0.1) is 0 Å². The summed E-state index contributed by atoms with van der Waals surface area (Å²) in [7, 11) is 2.19. The van der Waals surface area contributed by atoms with E-state index < -0.39 is 0 Å². The normalized spacial score (nSPS) is 13.2. The predicted octanol–water partition coefficient (Wildman–Crippen LogP) is 6.12. The van der Waals surface area contributed by atoms with Crippen LogP contribution in [0.2, 0.25) is 0 Å². The van der Waals surface area contributed by atoms with Crippen LogP contribution in [0.25, 0.3) is 0 Å². The number of nitrogens with zero attached hydrogens (tertiary/aromatic N) is 1. The summed E-state index contributed by atoms with van der Waals surface area (Å²) in [5, 5.41) is 2.67. The number of Topliss-reactive ketones (excluding diaryl/α,β-unsaturated/α-hetero) is 1. The molecule has 35 heavy (non-hydrogen) atoms. The molecule has 0 aliphatic rings. The van der Waals surface area contributed by atoms with Gasteiger partial charge in [-0.05, 0) is 66.8 Å². The summed E-state index contributed by atoms with van der Waals surface area (Å²) in [6.45, 7) is 30.1. The summed E-state index contributed by atoms with van der Waals surface area (Å²) in [5.41, 5.74) is -0.0148. The largest absolute Gasteiger partial charge is 0.380 e. The highest BCUT2D eigenvalue weighted by atomic mass is 16.5. The van der Waals surface area contributed by atoms with E-state index in [1.165, 1.54) is 0 Å². The summed E-state index contributed by atoms with van der Waals surface area (Å²) < 4.78 is 11.7. The Balaban J connectivity index is 0. The summed E-state index contributed by atoms with van der Waals surface area (Å²) >= 11 is 0. The second-order valence-corrected chi connectivity index (χ2v) is 13.3. The van der Waals surface area contributed by atoms with Gasteiger partial charge in [0.2, 0.25) is 6.41 Å². The van der Waals surface area contributed by atoms with Gasteiger partial charge in [-0.3, -0.25) is 14.5 Å². The molecule has 0 spiro atoms. The minimum absolute atomic E-state index is 0.0203. The van der Waals surface area contributed by atoms with Gasteiger partial charge in [-0.2, -0.15) is 0 Å². The van der Waals surface area contributed by atoms with E-state index in [1.54, 1.807) is 0 Å². The van der Waals surface area contributed by atoms with Crippen LogP contribution in [0.3, 0.4) is 0 Å². The Morgan fingerprint density at radius 3 is 1.89 bits per heavy atom. The van der Waals surface area contributed by atoms with Gasteiger partial charge in [0, 0.05) is 42.5 Å². The van der Waals surface area contributed by atoms with Crippen molar-refractivity contribution < 1.29 is 19.1 Å². The van der Waals surface area contributed by atoms with Gasteiger partial charge in [0.05, 0.1) is 18.8 Å². The zero-order valence-electron chi connectivity index (χ0n) is 25.8. The first kappa shape index (κ1) is 36.2. The van der Waals surface area contributed by atoms with E-state index in [-0.39, 0.29) is 33.7 Å². The van der Waals surface area contributed by atoms with Gasteiger partial charge in [-0.1, -0.05) is 48.5 Å². The van der Waals surface area contributed by atoms with Crippen molar-refractivity contribution in [2.24, 2.45) is 16.7 Å². The van der Waals surface area contributed by atoms with Crippen molar-refractivity contribution >= 4 is 12.2 Å². The fraction of sp³-hybridized carbons (Fsp3) is 0.931. The number of carbonyl (C=O) groups is 2. The molecule has 0 unspecified atom stereocenters. The number of carbonyl (C=O) groups excluding carboxylic acids is 2. The first-order chi connectivity index (χ1) is 15.7. The lowest BCUT2D eigenvalue weighted by atomic mass is 9.85. The van der Waals surface area contributed by atoms with Gasteiger partial charge in [0.25, 0.3) is 0 Å². The SMILES string of the molecule is CC(C)C(=O)CC(C)(C)COCC(C)(C)CNC=O.CCC(C)(C)OCCC(C)(C)N(C)C(C)C. The maximum absolute atomic E-state index is 11.8. The summed E-state index contributed by atoms with van der Waals surface area (Å²) in [4.78, 5) is 24.4. The van der Waals surface area contributed by atoms with Gasteiger partial charge in [-0.25, -0.2) is 0 Å². The van der Waals surface area contributed by atoms with Crippen molar-refractivity contribution in [3.05, 3.63) is 0 Å². The van der Waals surface area contributed by atoms with Crippen LogP contribution in [-0.2, 0) is 19.1 Å². The molecule has 0 heterocycles. The predicted molar refractivity (Wildman–Crippen MR) is 149 cm³/mol. The van der Waals surface area contributed by atoms with Crippen LogP contribution in [0.4, 0.5) is 0 Å². The van der Waals surface area contributed by atoms with E-state index in [9.17, 15) is 9.59 Å². The molecule has 0 rings (SSSR count). The molecular weight excluding hydrogens is 440 g/mol. The second-order valence-electron chi connectivity index (χ2n) is 13.3. The molecule has 0 saturated carbocycles. The topological polar surface area (TPSA) is 67.9 Å². The van der Waals surface area contributed by atoms with Crippen molar-refractivity contribution in [3.8, 4) is 0 Å². The van der Waals surface area contributed by atoms with Crippen LogP contribution in [0.5, 0.6) is 0 Å². The molecular formula is C29H60N2O4. The quantitative estimate of drug-likeness (QED) is 0.244. The third kappa shape index (κ3) is 18.0. The lowest BCUT2D eigenvalue weighted by Crippen LogP contribution is -2.46. The number of amides is 1. The maximum Gasteiger partial charge on any atom is 0.207 e. The van der Waals surface area contributed by atoms with Crippen LogP contribution < -0.4 is 5.32 Å². The number of hydrogen-bond acceptors (Lipinski definition) is 5. The molecule has 0 bridgehead atoms. The first-order valence-corrected chi connectivity index (χ1v) is 13.4. The fourth-order valence-electron chi connectivity index (χ4n) is 3.25. The Morgan fingerprint density at radius 2 is 1.46 bits per heavy atom. The van der Waals surface area contributed by atoms with Crippen molar-refractivity contribution in [1.82, 2.24) is 10.2 Å². The lowest BCUT2D eigenvalue weighted by Gasteiger charge is -2.39. The van der Waals surface area contributed by atoms with Gasteiger partial charge >= 0.3 is 0 Å². The van der Waals surface area contributed by atoms with Crippen LogP contribution in [0, 0.1) is 16.7 Å². The first-order valence-electron chi connectivity index (χ1n) is 13.4. The van der Waals surface area contributed by atoms with E-state index >= 15 is 0 Å². The summed E-state index contributed by atoms with van der Waals surface area (Å²) in [5.74, 6) is 0.350. The highest BCUT2D eigenvalue weighted by molar-refractivity contribution is 5.80. The van der Waals surface area contributed by atoms with Gasteiger partial charge in [0.1, 0.15) is 5.78 Å². The number of ether oxygens (including phenoxy) is 2. The molecule has 6 nitrogen and oxygen atoms in total. The molecule has 0 aromatic heterocycles. The third-order valence-corrected chi connectivity index (χ3v) is 6.73. The third-order valence-electron chi connectivity index (χ3n) is 6.73. The van der Waals surface area contributed by atoms with E-state index in [2.05, 4.69) is 65.7 Å². The number of nitrogens with one attached hydrogen (secondary N) is 1. The highest BCUT2D eigenvalue weighted by Crippen LogP contribution is 2.25. The molecule has 0 aliphatic carbocycles. The Labute approximate surface area is 218 Å². The second kappa shape index (κ2) is 16.0. The maximum atomic E-state index is 11.8. The molecule has 6 heteroatoms. The van der Waals surface area contributed by atoms with Crippen LogP contribution in [0.15, 0.2) is 0 Å². The molecule has 0 saturated heterocycles. The van der Waals surface area contributed by atoms with Gasteiger partial charge < -0.3 is 14.8 Å². The van der Waals surface area contributed by atoms with Crippen molar-refractivity contribution in [3.63, 3.8) is 0 Å². The lowest BCUT2D eigenvalue weighted by molar-refractivity contribution is -0.125. The van der Waals surface area contributed by atoms with E-state index in [0.717, 1.165) is 19.4 Å². The number of ketones is 1. The number of hydrogen-bond donors (Lipinski definition) is 1.